The number of rotatable bonds is 4. The molecule has 0 aliphatic carbocycles. The standard InChI is InChI=1S/C7H8O3/c1-3-7(9-2)10-6-4-5-8/h1,4-7H,2H3/b6-4+. The molecule has 0 saturated heterocycles. The lowest BCUT2D eigenvalue weighted by molar-refractivity contribution is -0.104. The molecule has 0 N–H and O–H groups in total. The monoisotopic (exact) mass is 140 g/mol. The maximum Gasteiger partial charge on any atom is 0.263 e. The van der Waals surface area contributed by atoms with Gasteiger partial charge in [0, 0.05) is 13.2 Å². The number of ether oxygens (including phenoxy) is 2. The maximum atomic E-state index is 9.70. The summed E-state index contributed by atoms with van der Waals surface area (Å²) < 4.78 is 9.33. The van der Waals surface area contributed by atoms with E-state index in [-0.39, 0.29) is 0 Å². The van der Waals surface area contributed by atoms with E-state index >= 15 is 0 Å². The van der Waals surface area contributed by atoms with Gasteiger partial charge in [0.1, 0.15) is 6.29 Å². The Labute approximate surface area is 59.6 Å². The lowest BCUT2D eigenvalue weighted by atomic mass is 10.6. The van der Waals surface area contributed by atoms with E-state index in [0.29, 0.717) is 6.29 Å². The SMILES string of the molecule is C#CC(OC)O/C=C/C=O. The number of carbonyl (C=O) groups excluding carboxylic acids is 1. The van der Waals surface area contributed by atoms with Crippen LogP contribution in [0.3, 0.4) is 0 Å². The van der Waals surface area contributed by atoms with Crippen molar-refractivity contribution in [2.45, 2.75) is 6.29 Å². The Morgan fingerprint density at radius 1 is 1.70 bits per heavy atom. The first-order valence-corrected chi connectivity index (χ1v) is 2.60. The quantitative estimate of drug-likeness (QED) is 0.185. The topological polar surface area (TPSA) is 35.5 Å². The van der Waals surface area contributed by atoms with Crippen LogP contribution in [0.5, 0.6) is 0 Å². The number of carbonyl (C=O) groups is 1. The fourth-order valence-corrected chi connectivity index (χ4v) is 0.312. The number of aldehydes is 1. The summed E-state index contributed by atoms with van der Waals surface area (Å²) >= 11 is 0. The largest absolute Gasteiger partial charge is 0.461 e. The molecule has 0 rings (SSSR count). The summed E-state index contributed by atoms with van der Waals surface area (Å²) in [5.74, 6) is 2.20. The van der Waals surface area contributed by atoms with Gasteiger partial charge in [0.05, 0.1) is 6.26 Å². The van der Waals surface area contributed by atoms with Crippen molar-refractivity contribution in [3.8, 4) is 12.3 Å². The van der Waals surface area contributed by atoms with Gasteiger partial charge in [0.15, 0.2) is 0 Å². The number of terminal acetylenes is 1. The van der Waals surface area contributed by atoms with E-state index in [1.54, 1.807) is 0 Å². The van der Waals surface area contributed by atoms with Crippen LogP contribution in [0.2, 0.25) is 0 Å². The highest BCUT2D eigenvalue weighted by molar-refractivity contribution is 5.64. The van der Waals surface area contributed by atoms with Crippen molar-refractivity contribution < 1.29 is 14.3 Å². The third-order valence-corrected chi connectivity index (χ3v) is 0.709. The molecule has 0 aromatic rings. The summed E-state index contributed by atoms with van der Waals surface area (Å²) in [5.41, 5.74) is 0. The number of hydrogen-bond donors (Lipinski definition) is 0. The minimum absolute atomic E-state index is 0.587. The van der Waals surface area contributed by atoms with Gasteiger partial charge in [0.25, 0.3) is 6.29 Å². The third kappa shape index (κ3) is 3.70. The van der Waals surface area contributed by atoms with Gasteiger partial charge >= 0.3 is 0 Å². The highest BCUT2D eigenvalue weighted by Crippen LogP contribution is 1.89. The Kier molecular flexibility index (Phi) is 5.12. The van der Waals surface area contributed by atoms with Crippen LogP contribution in [-0.2, 0) is 14.3 Å². The van der Waals surface area contributed by atoms with Crippen molar-refractivity contribution in [2.75, 3.05) is 7.11 Å². The minimum Gasteiger partial charge on any atom is -0.461 e. The summed E-state index contributed by atoms with van der Waals surface area (Å²) in [6.45, 7) is 0. The first kappa shape index (κ1) is 8.73. The van der Waals surface area contributed by atoms with Gasteiger partial charge < -0.3 is 9.47 Å². The summed E-state index contributed by atoms with van der Waals surface area (Å²) in [5, 5.41) is 0. The molecule has 0 amide bonds. The molecule has 1 atom stereocenters. The van der Waals surface area contributed by atoms with Crippen molar-refractivity contribution in [1.82, 2.24) is 0 Å². The summed E-state index contributed by atoms with van der Waals surface area (Å²) in [6, 6.07) is 0. The summed E-state index contributed by atoms with van der Waals surface area (Å²) in [7, 11) is 1.42. The molecule has 0 spiro atoms. The smallest absolute Gasteiger partial charge is 0.263 e. The second kappa shape index (κ2) is 5.86. The first-order valence-electron chi connectivity index (χ1n) is 2.60. The molecule has 0 fully saturated rings. The Balaban J connectivity index is 3.56. The van der Waals surface area contributed by atoms with Gasteiger partial charge in [-0.15, -0.1) is 6.42 Å². The van der Waals surface area contributed by atoms with Gasteiger partial charge in [-0.3, -0.25) is 4.79 Å². The van der Waals surface area contributed by atoms with E-state index in [9.17, 15) is 4.79 Å². The molecular weight excluding hydrogens is 132 g/mol. The van der Waals surface area contributed by atoms with Crippen LogP contribution < -0.4 is 0 Å². The number of allylic oxidation sites excluding steroid dienone is 1. The van der Waals surface area contributed by atoms with Crippen molar-refractivity contribution in [1.29, 1.82) is 0 Å². The highest BCUT2D eigenvalue weighted by atomic mass is 16.7. The van der Waals surface area contributed by atoms with E-state index in [1.807, 2.05) is 0 Å². The zero-order valence-electron chi connectivity index (χ0n) is 5.61. The predicted octanol–water partition coefficient (Wildman–Crippen LogP) is 0.321. The lowest BCUT2D eigenvalue weighted by Gasteiger charge is -2.05. The molecule has 54 valence electrons. The van der Waals surface area contributed by atoms with Crippen LogP contribution in [0.4, 0.5) is 0 Å². The van der Waals surface area contributed by atoms with Crippen LogP contribution in [0.25, 0.3) is 0 Å². The predicted molar refractivity (Wildman–Crippen MR) is 35.9 cm³/mol. The average Bonchev–Trinajstić information content (AvgIpc) is 1.99. The molecule has 3 heteroatoms. The van der Waals surface area contributed by atoms with Gasteiger partial charge in [-0.1, -0.05) is 0 Å². The molecule has 3 nitrogen and oxygen atoms in total. The Bertz CT molecular complexity index is 155. The van der Waals surface area contributed by atoms with E-state index < -0.39 is 6.29 Å². The Hall–Kier alpha value is -1.27. The van der Waals surface area contributed by atoms with E-state index in [4.69, 9.17) is 11.2 Å². The fourth-order valence-electron chi connectivity index (χ4n) is 0.312. The molecule has 10 heavy (non-hydrogen) atoms. The van der Waals surface area contributed by atoms with Crippen LogP contribution in [0, 0.1) is 12.3 Å². The fraction of sp³-hybridized carbons (Fsp3) is 0.286. The van der Waals surface area contributed by atoms with Crippen LogP contribution in [-0.4, -0.2) is 19.7 Å². The zero-order chi connectivity index (χ0) is 7.82. The number of hydrogen-bond acceptors (Lipinski definition) is 3. The third-order valence-electron chi connectivity index (χ3n) is 0.709. The first-order chi connectivity index (χ1) is 4.85. The zero-order valence-corrected chi connectivity index (χ0v) is 5.61. The molecule has 0 bridgehead atoms. The van der Waals surface area contributed by atoms with Crippen molar-refractivity contribution in [3.63, 3.8) is 0 Å². The second-order valence-electron chi connectivity index (χ2n) is 1.33. The molecule has 0 aliphatic rings. The van der Waals surface area contributed by atoms with Gasteiger partial charge in [0.2, 0.25) is 0 Å². The van der Waals surface area contributed by atoms with Crippen molar-refractivity contribution in [3.05, 3.63) is 12.3 Å². The van der Waals surface area contributed by atoms with Crippen LogP contribution in [0.1, 0.15) is 0 Å². The molecule has 0 aromatic carbocycles. The molecule has 0 heterocycles. The van der Waals surface area contributed by atoms with Gasteiger partial charge in [-0.25, -0.2) is 0 Å². The molecular formula is C7H8O3. The molecule has 0 saturated carbocycles. The molecule has 0 radical (unpaired) electrons. The van der Waals surface area contributed by atoms with Crippen molar-refractivity contribution in [2.24, 2.45) is 0 Å². The molecule has 1 unspecified atom stereocenters. The molecule has 0 aromatic heterocycles. The van der Waals surface area contributed by atoms with Crippen LogP contribution >= 0.6 is 0 Å². The van der Waals surface area contributed by atoms with E-state index in [1.165, 1.54) is 19.4 Å². The second-order valence-corrected chi connectivity index (χ2v) is 1.33. The van der Waals surface area contributed by atoms with E-state index in [2.05, 4.69) is 10.7 Å². The highest BCUT2D eigenvalue weighted by Gasteiger charge is 1.96. The minimum atomic E-state index is -0.712. The van der Waals surface area contributed by atoms with Crippen molar-refractivity contribution >= 4 is 6.29 Å². The Morgan fingerprint density at radius 3 is 2.80 bits per heavy atom. The normalized spacial score (nSPS) is 12.4. The lowest BCUT2D eigenvalue weighted by Crippen LogP contribution is -2.08. The Morgan fingerprint density at radius 2 is 2.40 bits per heavy atom. The summed E-state index contributed by atoms with van der Waals surface area (Å²) in [4.78, 5) is 9.70. The maximum absolute atomic E-state index is 9.70. The summed E-state index contributed by atoms with van der Waals surface area (Å²) in [6.07, 6.45) is 7.18. The molecule has 0 aliphatic heterocycles. The van der Waals surface area contributed by atoms with Gasteiger partial charge in [-0.2, -0.15) is 0 Å². The number of methoxy groups -OCH3 is 1. The van der Waals surface area contributed by atoms with E-state index in [0.717, 1.165) is 0 Å². The van der Waals surface area contributed by atoms with Gasteiger partial charge in [-0.05, 0) is 5.92 Å². The van der Waals surface area contributed by atoms with Crippen LogP contribution in [0.15, 0.2) is 12.3 Å². The average molecular weight is 140 g/mol.